The van der Waals surface area contributed by atoms with E-state index in [-0.39, 0.29) is 17.2 Å². The van der Waals surface area contributed by atoms with E-state index in [0.717, 1.165) is 17.1 Å². The number of carbonyl (C=O) groups is 1. The molecule has 2 aromatic rings. The van der Waals surface area contributed by atoms with Gasteiger partial charge < -0.3 is 19.5 Å². The first kappa shape index (κ1) is 27.1. The largest absolute Gasteiger partial charge is 0.493 e. The zero-order valence-corrected chi connectivity index (χ0v) is 21.7. The number of halogens is 1. The maximum atomic E-state index is 13.6. The molecule has 1 amide bonds. The first-order valence-electron chi connectivity index (χ1n) is 11.7. The van der Waals surface area contributed by atoms with Crippen LogP contribution in [-0.4, -0.2) is 54.3 Å². The van der Waals surface area contributed by atoms with Gasteiger partial charge in [-0.2, -0.15) is 0 Å². The molecule has 10 heteroatoms. The Morgan fingerprint density at radius 2 is 1.71 bits per heavy atom. The summed E-state index contributed by atoms with van der Waals surface area (Å²) in [6.07, 6.45) is 6.84. The molecule has 1 N–H and O–H groups in total. The van der Waals surface area contributed by atoms with Gasteiger partial charge in [0, 0.05) is 24.2 Å². The van der Waals surface area contributed by atoms with Crippen molar-refractivity contribution in [1.29, 1.82) is 0 Å². The van der Waals surface area contributed by atoms with Crippen LogP contribution in [0.25, 0.3) is 0 Å². The van der Waals surface area contributed by atoms with Crippen molar-refractivity contribution in [1.82, 2.24) is 5.32 Å². The maximum Gasteiger partial charge on any atom is 0.264 e. The lowest BCUT2D eigenvalue weighted by molar-refractivity contribution is -0.119. The maximum absolute atomic E-state index is 13.6. The molecule has 0 aliphatic heterocycles. The lowest BCUT2D eigenvalue weighted by Gasteiger charge is -2.25. The number of anilines is 1. The average Bonchev–Trinajstić information content (AvgIpc) is 2.87. The van der Waals surface area contributed by atoms with Gasteiger partial charge in [0.05, 0.1) is 30.9 Å². The fraction of sp³-hybridized carbons (Fsp3) is 0.480. The minimum Gasteiger partial charge on any atom is -0.493 e. The van der Waals surface area contributed by atoms with Crippen molar-refractivity contribution in [3.05, 3.63) is 47.5 Å². The third-order valence-corrected chi connectivity index (χ3v) is 7.92. The van der Waals surface area contributed by atoms with E-state index in [1.807, 2.05) is 0 Å². The molecule has 1 saturated carbocycles. The highest BCUT2D eigenvalue weighted by Gasteiger charge is 2.28. The molecule has 8 nitrogen and oxygen atoms in total. The van der Waals surface area contributed by atoms with Crippen LogP contribution in [0.2, 0.25) is 5.02 Å². The molecule has 1 aliphatic rings. The summed E-state index contributed by atoms with van der Waals surface area (Å²) in [5.41, 5.74) is 0.319. The van der Waals surface area contributed by atoms with Crippen LogP contribution in [0.3, 0.4) is 0 Å². The highest BCUT2D eigenvalue weighted by Crippen LogP contribution is 2.32. The zero-order valence-electron chi connectivity index (χ0n) is 20.2. The zero-order chi connectivity index (χ0) is 25.3. The van der Waals surface area contributed by atoms with E-state index in [1.165, 1.54) is 51.7 Å². The molecule has 0 heterocycles. The van der Waals surface area contributed by atoms with Gasteiger partial charge in [0.1, 0.15) is 6.54 Å². The van der Waals surface area contributed by atoms with Gasteiger partial charge in [-0.05, 0) is 55.7 Å². The molecule has 0 unspecified atom stereocenters. The number of rotatable bonds is 12. The standard InChI is InChI=1S/C25H33ClN2O6S/c1-32-23-14-13-22(17-24(23)33-2)35(30,31)28(20-11-9-19(26)10-12-20)18-25(29)27-15-6-16-34-21-7-4-3-5-8-21/h9-14,17,21H,3-8,15-16,18H2,1-2H3,(H,27,29). The first-order valence-corrected chi connectivity index (χ1v) is 13.6. The van der Waals surface area contributed by atoms with Crippen LogP contribution in [0.15, 0.2) is 47.4 Å². The number of benzene rings is 2. The summed E-state index contributed by atoms with van der Waals surface area (Å²) in [7, 11) is -1.20. The van der Waals surface area contributed by atoms with Crippen LogP contribution < -0.4 is 19.1 Å². The van der Waals surface area contributed by atoms with Crippen LogP contribution in [-0.2, 0) is 19.6 Å². The van der Waals surface area contributed by atoms with Crippen molar-refractivity contribution >= 4 is 33.2 Å². The average molecular weight is 525 g/mol. The summed E-state index contributed by atoms with van der Waals surface area (Å²) < 4.78 is 44.5. The Kier molecular flexibility index (Phi) is 10.1. The van der Waals surface area contributed by atoms with Crippen LogP contribution in [0.1, 0.15) is 38.5 Å². The molecule has 1 fully saturated rings. The fourth-order valence-corrected chi connectivity index (χ4v) is 5.56. The van der Waals surface area contributed by atoms with Gasteiger partial charge in [-0.15, -0.1) is 0 Å². The van der Waals surface area contributed by atoms with Crippen LogP contribution in [0.4, 0.5) is 5.69 Å². The number of carbonyl (C=O) groups excluding carboxylic acids is 1. The van der Waals surface area contributed by atoms with Gasteiger partial charge in [-0.3, -0.25) is 9.10 Å². The molecule has 0 spiro atoms. The summed E-state index contributed by atoms with van der Waals surface area (Å²) in [6, 6.07) is 10.6. The van der Waals surface area contributed by atoms with Gasteiger partial charge >= 0.3 is 0 Å². The topological polar surface area (TPSA) is 94.2 Å². The minimum atomic E-state index is -4.10. The van der Waals surface area contributed by atoms with E-state index in [9.17, 15) is 13.2 Å². The van der Waals surface area contributed by atoms with E-state index in [1.54, 1.807) is 24.3 Å². The predicted octanol–water partition coefficient (Wildman–Crippen LogP) is 4.41. The predicted molar refractivity (Wildman–Crippen MR) is 136 cm³/mol. The number of nitrogens with zero attached hydrogens (tertiary/aromatic N) is 1. The lowest BCUT2D eigenvalue weighted by atomic mass is 9.98. The molecule has 2 aromatic carbocycles. The van der Waals surface area contributed by atoms with Gasteiger partial charge in [-0.25, -0.2) is 8.42 Å². The van der Waals surface area contributed by atoms with Crippen molar-refractivity contribution in [2.45, 2.75) is 49.5 Å². The molecule has 0 aromatic heterocycles. The molecule has 35 heavy (non-hydrogen) atoms. The van der Waals surface area contributed by atoms with E-state index < -0.39 is 15.9 Å². The van der Waals surface area contributed by atoms with Gasteiger partial charge in [0.2, 0.25) is 5.91 Å². The minimum absolute atomic E-state index is 0.0289. The number of hydrogen-bond donors (Lipinski definition) is 1. The lowest BCUT2D eigenvalue weighted by Crippen LogP contribution is -2.41. The molecule has 0 bridgehead atoms. The van der Waals surface area contributed by atoms with Crippen molar-refractivity contribution in [2.24, 2.45) is 0 Å². The van der Waals surface area contributed by atoms with Crippen LogP contribution in [0, 0.1) is 0 Å². The summed E-state index contributed by atoms with van der Waals surface area (Å²) in [4.78, 5) is 12.7. The summed E-state index contributed by atoms with van der Waals surface area (Å²) >= 11 is 5.99. The Bertz CT molecular complexity index is 1070. The Morgan fingerprint density at radius 3 is 2.37 bits per heavy atom. The Balaban J connectivity index is 1.69. The van der Waals surface area contributed by atoms with Crippen molar-refractivity contribution in [3.8, 4) is 11.5 Å². The Morgan fingerprint density at radius 1 is 1.03 bits per heavy atom. The quantitative estimate of drug-likeness (QED) is 0.413. The van der Waals surface area contributed by atoms with Gasteiger partial charge in [0.15, 0.2) is 11.5 Å². The van der Waals surface area contributed by atoms with E-state index in [4.69, 9.17) is 25.8 Å². The number of amides is 1. The number of ether oxygens (including phenoxy) is 3. The molecule has 3 rings (SSSR count). The number of nitrogens with one attached hydrogen (secondary N) is 1. The van der Waals surface area contributed by atoms with E-state index in [2.05, 4.69) is 5.32 Å². The Labute approximate surface area is 212 Å². The third kappa shape index (κ3) is 7.49. The van der Waals surface area contributed by atoms with E-state index >= 15 is 0 Å². The molecule has 192 valence electrons. The van der Waals surface area contributed by atoms with Crippen molar-refractivity contribution in [3.63, 3.8) is 0 Å². The number of hydrogen-bond acceptors (Lipinski definition) is 6. The van der Waals surface area contributed by atoms with Gasteiger partial charge in [0.25, 0.3) is 10.0 Å². The van der Waals surface area contributed by atoms with Crippen molar-refractivity contribution in [2.75, 3.05) is 38.2 Å². The molecule has 1 aliphatic carbocycles. The molecule has 0 radical (unpaired) electrons. The summed E-state index contributed by atoms with van der Waals surface area (Å²) in [6.45, 7) is 0.577. The fourth-order valence-electron chi connectivity index (χ4n) is 3.99. The van der Waals surface area contributed by atoms with Crippen LogP contribution >= 0.6 is 11.6 Å². The Hall–Kier alpha value is -2.49. The monoisotopic (exact) mass is 524 g/mol. The highest BCUT2D eigenvalue weighted by atomic mass is 35.5. The highest BCUT2D eigenvalue weighted by molar-refractivity contribution is 7.92. The molecular weight excluding hydrogens is 492 g/mol. The summed E-state index contributed by atoms with van der Waals surface area (Å²) in [5, 5.41) is 3.26. The van der Waals surface area contributed by atoms with Gasteiger partial charge in [-0.1, -0.05) is 30.9 Å². The second-order valence-corrected chi connectivity index (χ2v) is 10.6. The van der Waals surface area contributed by atoms with Crippen molar-refractivity contribution < 1.29 is 27.4 Å². The smallest absolute Gasteiger partial charge is 0.264 e. The first-order chi connectivity index (χ1) is 16.8. The number of sulfonamides is 1. The SMILES string of the molecule is COc1ccc(S(=O)(=O)N(CC(=O)NCCCOC2CCCCC2)c2ccc(Cl)cc2)cc1OC. The molecule has 0 saturated heterocycles. The third-order valence-electron chi connectivity index (χ3n) is 5.89. The molecular formula is C25H33ClN2O6S. The summed E-state index contributed by atoms with van der Waals surface area (Å²) in [5.74, 6) is 0.256. The molecule has 0 atom stereocenters. The normalized spacial score (nSPS) is 14.4. The second kappa shape index (κ2) is 13.0. The second-order valence-electron chi connectivity index (χ2n) is 8.34. The number of methoxy groups -OCH3 is 2. The van der Waals surface area contributed by atoms with E-state index in [0.29, 0.717) is 42.1 Å². The van der Waals surface area contributed by atoms with Crippen LogP contribution in [0.5, 0.6) is 11.5 Å².